The molecule has 3 heterocycles. The Hall–Kier alpha value is -2.69. The van der Waals surface area contributed by atoms with Gasteiger partial charge in [0.2, 0.25) is 0 Å². The van der Waals surface area contributed by atoms with Gasteiger partial charge in [-0.15, -0.1) is 0 Å². The minimum atomic E-state index is -0.142. The molecule has 1 aromatic heterocycles. The van der Waals surface area contributed by atoms with Gasteiger partial charge < -0.3 is 9.80 Å². The van der Waals surface area contributed by atoms with Crippen molar-refractivity contribution in [1.29, 1.82) is 0 Å². The van der Waals surface area contributed by atoms with Crippen LogP contribution in [0.2, 0.25) is 0 Å². The second-order valence-electron chi connectivity index (χ2n) is 7.26. The maximum Gasteiger partial charge on any atom is 0.276 e. The number of piperidine rings is 1. The lowest BCUT2D eigenvalue weighted by Crippen LogP contribution is -2.39. The summed E-state index contributed by atoms with van der Waals surface area (Å²) in [5.41, 5.74) is 3.00. The highest BCUT2D eigenvalue weighted by Crippen LogP contribution is 2.28. The number of anilines is 1. The van der Waals surface area contributed by atoms with E-state index >= 15 is 0 Å². The summed E-state index contributed by atoms with van der Waals surface area (Å²) in [5, 5.41) is 0. The van der Waals surface area contributed by atoms with Gasteiger partial charge in [0.25, 0.3) is 11.8 Å². The summed E-state index contributed by atoms with van der Waals surface area (Å²) in [5.74, 6) is 0.378. The van der Waals surface area contributed by atoms with Crippen LogP contribution in [0.1, 0.15) is 46.2 Å². The molecule has 1 aromatic carbocycles. The van der Waals surface area contributed by atoms with Crippen LogP contribution in [0.4, 0.5) is 5.69 Å². The topological polar surface area (TPSA) is 53.5 Å². The van der Waals surface area contributed by atoms with Crippen molar-refractivity contribution in [3.8, 4) is 0 Å². The lowest BCUT2D eigenvalue weighted by atomic mass is 9.99. The average Bonchev–Trinajstić information content (AvgIpc) is 3.11. The second kappa shape index (κ2) is 6.90. The summed E-state index contributed by atoms with van der Waals surface area (Å²) < 4.78 is 0. The molecule has 2 aliphatic heterocycles. The Morgan fingerprint density at radius 2 is 1.96 bits per heavy atom. The molecule has 1 saturated heterocycles. The van der Waals surface area contributed by atoms with E-state index in [9.17, 15) is 9.59 Å². The largest absolute Gasteiger partial charge is 0.338 e. The zero-order valence-corrected chi connectivity index (χ0v) is 15.0. The highest BCUT2D eigenvalue weighted by molar-refractivity contribution is 6.07. The third-order valence-electron chi connectivity index (χ3n) is 5.30. The summed E-state index contributed by atoms with van der Waals surface area (Å²) in [6, 6.07) is 11.3. The quantitative estimate of drug-likeness (QED) is 0.837. The van der Waals surface area contributed by atoms with Crippen LogP contribution in [0.15, 0.2) is 42.6 Å². The van der Waals surface area contributed by atoms with Crippen molar-refractivity contribution in [1.82, 2.24) is 9.88 Å². The zero-order valence-electron chi connectivity index (χ0n) is 15.0. The molecule has 0 spiro atoms. The molecule has 1 fully saturated rings. The third kappa shape index (κ3) is 3.09. The number of carbonyl (C=O) groups excluding carboxylic acids is 2. The van der Waals surface area contributed by atoms with Gasteiger partial charge in [0.15, 0.2) is 0 Å². The molecule has 26 heavy (non-hydrogen) atoms. The normalized spacial score (nSPS) is 19.3. The molecule has 0 saturated carbocycles. The number of rotatable bonds is 2. The van der Waals surface area contributed by atoms with E-state index in [2.05, 4.69) is 11.9 Å². The summed E-state index contributed by atoms with van der Waals surface area (Å²) >= 11 is 0. The van der Waals surface area contributed by atoms with E-state index in [0.717, 1.165) is 38.0 Å². The molecule has 134 valence electrons. The first-order chi connectivity index (χ1) is 12.6. The summed E-state index contributed by atoms with van der Waals surface area (Å²) in [6.45, 7) is 4.39. The van der Waals surface area contributed by atoms with Gasteiger partial charge in [0.1, 0.15) is 5.69 Å². The fraction of sp³-hybridized carbons (Fsp3) is 0.381. The highest BCUT2D eigenvalue weighted by atomic mass is 16.2. The number of hydrogen-bond donors (Lipinski definition) is 0. The number of fused-ring (bicyclic) bond motifs is 1. The Labute approximate surface area is 153 Å². The van der Waals surface area contributed by atoms with E-state index in [0.29, 0.717) is 23.7 Å². The number of nitrogens with zero attached hydrogens (tertiary/aromatic N) is 3. The zero-order chi connectivity index (χ0) is 18.1. The first-order valence-electron chi connectivity index (χ1n) is 9.28. The van der Waals surface area contributed by atoms with Crippen LogP contribution in [-0.4, -0.2) is 41.3 Å². The monoisotopic (exact) mass is 349 g/mol. The van der Waals surface area contributed by atoms with E-state index in [1.54, 1.807) is 23.2 Å². The molecule has 1 unspecified atom stereocenters. The molecule has 0 radical (unpaired) electrons. The van der Waals surface area contributed by atoms with E-state index < -0.39 is 0 Å². The summed E-state index contributed by atoms with van der Waals surface area (Å²) in [4.78, 5) is 33.7. The van der Waals surface area contributed by atoms with Crippen LogP contribution in [0, 0.1) is 5.92 Å². The highest BCUT2D eigenvalue weighted by Gasteiger charge is 2.27. The lowest BCUT2D eigenvalue weighted by Gasteiger charge is -2.31. The van der Waals surface area contributed by atoms with E-state index in [4.69, 9.17) is 0 Å². The minimum Gasteiger partial charge on any atom is -0.338 e. The molecule has 5 heteroatoms. The number of likely N-dealkylation sites (tertiary alicyclic amines) is 1. The molecule has 0 N–H and O–H groups in total. The van der Waals surface area contributed by atoms with Gasteiger partial charge in [-0.05, 0) is 48.9 Å². The molecular weight excluding hydrogens is 326 g/mol. The van der Waals surface area contributed by atoms with E-state index in [1.165, 1.54) is 5.56 Å². The smallest absolute Gasteiger partial charge is 0.276 e. The van der Waals surface area contributed by atoms with Crippen molar-refractivity contribution in [2.45, 2.75) is 26.2 Å². The van der Waals surface area contributed by atoms with Crippen molar-refractivity contribution in [2.75, 3.05) is 24.5 Å². The van der Waals surface area contributed by atoms with Crippen molar-refractivity contribution < 1.29 is 9.59 Å². The van der Waals surface area contributed by atoms with Crippen molar-refractivity contribution in [2.24, 2.45) is 5.92 Å². The number of aromatic nitrogens is 1. The van der Waals surface area contributed by atoms with Gasteiger partial charge in [0.05, 0.1) is 0 Å². The fourth-order valence-corrected chi connectivity index (χ4v) is 3.92. The van der Waals surface area contributed by atoms with Gasteiger partial charge >= 0.3 is 0 Å². The number of pyridine rings is 1. The van der Waals surface area contributed by atoms with Gasteiger partial charge in [-0.3, -0.25) is 14.6 Å². The molecule has 2 amide bonds. The predicted molar refractivity (Wildman–Crippen MR) is 100 cm³/mol. The standard InChI is InChI=1S/C21H23N3O2/c1-15-5-4-11-23(14-15)20(25)17-8-10-22-18(13-17)21(26)24-12-9-16-6-2-3-7-19(16)24/h2-3,6-8,10,13,15H,4-5,9,11-12,14H2,1H3. The van der Waals surface area contributed by atoms with Crippen LogP contribution in [0.3, 0.4) is 0 Å². The molecule has 2 aromatic rings. The van der Waals surface area contributed by atoms with Crippen molar-refractivity contribution >= 4 is 17.5 Å². The summed E-state index contributed by atoms with van der Waals surface area (Å²) in [6.07, 6.45) is 4.62. The first kappa shape index (κ1) is 16.8. The minimum absolute atomic E-state index is 0.00479. The Balaban J connectivity index is 1.56. The van der Waals surface area contributed by atoms with E-state index in [1.807, 2.05) is 29.2 Å². The molecule has 1 atom stereocenters. The summed E-state index contributed by atoms with van der Waals surface area (Å²) in [7, 11) is 0. The number of carbonyl (C=O) groups is 2. The Bertz CT molecular complexity index is 849. The van der Waals surface area contributed by atoms with Crippen LogP contribution in [0.25, 0.3) is 0 Å². The number of para-hydroxylation sites is 1. The maximum absolute atomic E-state index is 13.0. The molecule has 2 aliphatic rings. The van der Waals surface area contributed by atoms with Gasteiger partial charge in [-0.25, -0.2) is 0 Å². The number of benzene rings is 1. The Kier molecular flexibility index (Phi) is 4.45. The molecule has 0 aliphatic carbocycles. The molecule has 0 bridgehead atoms. The fourth-order valence-electron chi connectivity index (χ4n) is 3.92. The molecule has 4 rings (SSSR count). The van der Waals surface area contributed by atoms with Crippen LogP contribution < -0.4 is 4.90 Å². The lowest BCUT2D eigenvalue weighted by molar-refractivity contribution is 0.0683. The van der Waals surface area contributed by atoms with Crippen LogP contribution >= 0.6 is 0 Å². The number of amides is 2. The first-order valence-corrected chi connectivity index (χ1v) is 9.28. The van der Waals surface area contributed by atoms with Gasteiger partial charge in [-0.1, -0.05) is 25.1 Å². The van der Waals surface area contributed by atoms with Gasteiger partial charge in [0, 0.05) is 37.1 Å². The van der Waals surface area contributed by atoms with Gasteiger partial charge in [-0.2, -0.15) is 0 Å². The number of hydrogen-bond acceptors (Lipinski definition) is 3. The maximum atomic E-state index is 13.0. The molecular formula is C21H23N3O2. The average molecular weight is 349 g/mol. The van der Waals surface area contributed by atoms with E-state index in [-0.39, 0.29) is 11.8 Å². The Morgan fingerprint density at radius 3 is 2.81 bits per heavy atom. The molecule has 5 nitrogen and oxygen atoms in total. The van der Waals surface area contributed by atoms with Crippen LogP contribution in [0.5, 0.6) is 0 Å². The SMILES string of the molecule is CC1CCCN(C(=O)c2ccnc(C(=O)N3CCc4ccccc43)c2)C1. The van der Waals surface area contributed by atoms with Crippen molar-refractivity contribution in [3.05, 3.63) is 59.4 Å². The second-order valence-corrected chi connectivity index (χ2v) is 7.26. The third-order valence-corrected chi connectivity index (χ3v) is 5.30. The van der Waals surface area contributed by atoms with Crippen LogP contribution in [-0.2, 0) is 6.42 Å². The Morgan fingerprint density at radius 1 is 1.12 bits per heavy atom. The predicted octanol–water partition coefficient (Wildman–Crippen LogP) is 3.16. The van der Waals surface area contributed by atoms with Crippen molar-refractivity contribution in [3.63, 3.8) is 0 Å².